The standard InChI is InChI=1S/C23H25FN8O2/c1-12(2)16-10-20(31-30-16)28-22-15-8-14(33)9-17(15)27-23(29-22)32(7-3-4-18(32)21(25)34)13-5-6-19(24)26-11-13/h5-6,10-12,18H,3-4,7-9H2,1-2H3,(H3-,25,27,28,29,30,31,34)/p+1. The smallest absolute Gasteiger partial charge is 0.337 e. The maximum absolute atomic E-state index is 13.6. The van der Waals surface area contributed by atoms with Gasteiger partial charge in [-0.15, -0.1) is 0 Å². The summed E-state index contributed by atoms with van der Waals surface area (Å²) in [6, 6.07) is 4.08. The van der Waals surface area contributed by atoms with Gasteiger partial charge in [0.05, 0.1) is 18.4 Å². The molecule has 34 heavy (non-hydrogen) atoms. The summed E-state index contributed by atoms with van der Waals surface area (Å²) in [5.74, 6) is 0.539. The van der Waals surface area contributed by atoms with E-state index in [1.54, 1.807) is 6.07 Å². The number of Topliss-reactive ketones (excluding diaryl/α,β-unsaturated/α-hetero) is 1. The van der Waals surface area contributed by atoms with Gasteiger partial charge in [0.1, 0.15) is 11.6 Å². The minimum Gasteiger partial charge on any atom is -0.364 e. The number of hydrogen-bond donors (Lipinski definition) is 3. The molecule has 3 aromatic heterocycles. The lowest BCUT2D eigenvalue weighted by Crippen LogP contribution is -2.55. The Hall–Kier alpha value is -3.73. The van der Waals surface area contributed by atoms with Gasteiger partial charge in [0.15, 0.2) is 17.5 Å². The number of primary amides is 1. The summed E-state index contributed by atoms with van der Waals surface area (Å²) in [5.41, 5.74) is 8.67. The molecule has 0 bridgehead atoms. The number of hydrogen-bond acceptors (Lipinski definition) is 7. The molecule has 2 atom stereocenters. The lowest BCUT2D eigenvalue weighted by molar-refractivity contribution is -0.121. The van der Waals surface area contributed by atoms with Crippen LogP contribution >= 0.6 is 0 Å². The monoisotopic (exact) mass is 465 g/mol. The Morgan fingerprint density at radius 2 is 2.12 bits per heavy atom. The molecule has 5 rings (SSSR count). The molecule has 10 nitrogen and oxygen atoms in total. The zero-order chi connectivity index (χ0) is 24.0. The highest BCUT2D eigenvalue weighted by Gasteiger charge is 2.52. The number of quaternary nitrogens is 1. The fourth-order valence-corrected chi connectivity index (χ4v) is 4.93. The fourth-order valence-electron chi connectivity index (χ4n) is 4.93. The Bertz CT molecular complexity index is 1270. The highest BCUT2D eigenvalue weighted by molar-refractivity contribution is 5.90. The largest absolute Gasteiger partial charge is 0.364 e. The van der Waals surface area contributed by atoms with Gasteiger partial charge in [0.25, 0.3) is 5.91 Å². The lowest BCUT2D eigenvalue weighted by Gasteiger charge is -2.35. The molecule has 0 spiro atoms. The van der Waals surface area contributed by atoms with Crippen molar-refractivity contribution in [3.63, 3.8) is 0 Å². The Morgan fingerprint density at radius 1 is 1.29 bits per heavy atom. The highest BCUT2D eigenvalue weighted by Crippen LogP contribution is 2.43. The number of carbonyl (C=O) groups excluding carboxylic acids is 2. The van der Waals surface area contributed by atoms with Crippen LogP contribution in [0.5, 0.6) is 0 Å². The Labute approximate surface area is 195 Å². The number of nitrogens with two attached hydrogens (primary N) is 1. The molecule has 1 aliphatic heterocycles. The molecule has 2 unspecified atom stereocenters. The second-order valence-corrected chi connectivity index (χ2v) is 9.17. The molecular formula is C23H26FN8O2+. The van der Waals surface area contributed by atoms with E-state index >= 15 is 0 Å². The van der Waals surface area contributed by atoms with E-state index in [1.165, 1.54) is 12.3 Å². The maximum Gasteiger partial charge on any atom is 0.337 e. The van der Waals surface area contributed by atoms with Crippen LogP contribution in [-0.4, -0.2) is 49.4 Å². The fraction of sp³-hybridized carbons (Fsp3) is 0.391. The van der Waals surface area contributed by atoms with E-state index in [1.807, 2.05) is 6.07 Å². The predicted molar refractivity (Wildman–Crippen MR) is 123 cm³/mol. The summed E-state index contributed by atoms with van der Waals surface area (Å²) in [5, 5.41) is 10.6. The molecular weight excluding hydrogens is 439 g/mol. The van der Waals surface area contributed by atoms with Crippen molar-refractivity contribution in [2.75, 3.05) is 11.9 Å². The van der Waals surface area contributed by atoms with E-state index in [9.17, 15) is 14.0 Å². The number of nitrogens with zero attached hydrogens (tertiary/aromatic N) is 5. The lowest BCUT2D eigenvalue weighted by atomic mass is 10.1. The predicted octanol–water partition coefficient (Wildman–Crippen LogP) is 2.56. The van der Waals surface area contributed by atoms with Gasteiger partial charge in [-0.05, 0) is 12.0 Å². The molecule has 11 heteroatoms. The van der Waals surface area contributed by atoms with Crippen LogP contribution in [0.1, 0.15) is 49.6 Å². The van der Waals surface area contributed by atoms with E-state index in [0.29, 0.717) is 53.9 Å². The first-order chi connectivity index (χ1) is 16.3. The molecule has 0 aromatic carbocycles. The number of anilines is 2. The van der Waals surface area contributed by atoms with Crippen LogP contribution in [0.25, 0.3) is 0 Å². The number of aromatic amines is 1. The number of carbonyl (C=O) groups is 2. The van der Waals surface area contributed by atoms with Gasteiger partial charge in [-0.1, -0.05) is 13.8 Å². The van der Waals surface area contributed by atoms with Gasteiger partial charge in [-0.25, -0.2) is 9.47 Å². The first-order valence-electron chi connectivity index (χ1n) is 11.3. The molecule has 1 fully saturated rings. The summed E-state index contributed by atoms with van der Waals surface area (Å²) < 4.78 is 13.6. The van der Waals surface area contributed by atoms with Crippen LogP contribution in [-0.2, 0) is 22.4 Å². The van der Waals surface area contributed by atoms with Crippen molar-refractivity contribution in [1.82, 2.24) is 29.6 Å². The molecule has 1 saturated heterocycles. The molecule has 4 N–H and O–H groups in total. The summed E-state index contributed by atoms with van der Waals surface area (Å²) in [7, 11) is 0. The number of halogens is 1. The van der Waals surface area contributed by atoms with Crippen molar-refractivity contribution >= 4 is 35.0 Å². The zero-order valence-electron chi connectivity index (χ0n) is 19.0. The van der Waals surface area contributed by atoms with Crippen molar-refractivity contribution in [3.05, 3.63) is 47.3 Å². The number of rotatable bonds is 6. The number of H-pyrrole nitrogens is 1. The minimum absolute atomic E-state index is 0.0391. The highest BCUT2D eigenvalue weighted by atomic mass is 19.1. The molecule has 1 amide bonds. The molecule has 3 aromatic rings. The van der Waals surface area contributed by atoms with Crippen molar-refractivity contribution in [2.24, 2.45) is 5.73 Å². The summed E-state index contributed by atoms with van der Waals surface area (Å²) in [4.78, 5) is 38.3. The van der Waals surface area contributed by atoms with Gasteiger partial charge in [-0.2, -0.15) is 19.5 Å². The molecule has 0 saturated carbocycles. The van der Waals surface area contributed by atoms with Crippen molar-refractivity contribution in [1.29, 1.82) is 0 Å². The topological polar surface area (TPSA) is 140 Å². The maximum atomic E-state index is 13.6. The molecule has 0 radical (unpaired) electrons. The number of amides is 1. The average Bonchev–Trinajstić information content (AvgIpc) is 3.52. The van der Waals surface area contributed by atoms with Crippen LogP contribution in [0.4, 0.5) is 27.7 Å². The van der Waals surface area contributed by atoms with Gasteiger partial charge in [0.2, 0.25) is 5.95 Å². The second-order valence-electron chi connectivity index (χ2n) is 9.17. The van der Waals surface area contributed by atoms with Crippen molar-refractivity contribution in [3.8, 4) is 0 Å². The van der Waals surface area contributed by atoms with Gasteiger partial charge in [0, 0.05) is 49.1 Å². The number of ketones is 1. The third-order valence-electron chi connectivity index (χ3n) is 6.66. The molecule has 2 aliphatic rings. The van der Waals surface area contributed by atoms with E-state index in [-0.39, 0.29) is 29.0 Å². The Morgan fingerprint density at radius 3 is 2.79 bits per heavy atom. The van der Waals surface area contributed by atoms with Crippen LogP contribution in [0.15, 0.2) is 24.4 Å². The number of pyridine rings is 1. The Kier molecular flexibility index (Phi) is 5.35. The van der Waals surface area contributed by atoms with Crippen molar-refractivity contribution in [2.45, 2.75) is 51.5 Å². The molecule has 176 valence electrons. The second kappa shape index (κ2) is 8.24. The third kappa shape index (κ3) is 3.61. The van der Waals surface area contributed by atoms with Crippen molar-refractivity contribution < 1.29 is 14.0 Å². The summed E-state index contributed by atoms with van der Waals surface area (Å²) in [6.45, 7) is 4.60. The number of fused-ring (bicyclic) bond motifs is 1. The SMILES string of the molecule is CC(C)c1cc(Nc2nc([N+]3(c4ccc(F)nc4)CCCC3C(N)=O)nc3c2CC(=O)C3)n[nH]1. The quantitative estimate of drug-likeness (QED) is 0.375. The van der Waals surface area contributed by atoms with Crippen LogP contribution in [0.2, 0.25) is 0 Å². The number of nitrogens with one attached hydrogen (secondary N) is 2. The van der Waals surface area contributed by atoms with Crippen LogP contribution < -0.4 is 15.5 Å². The molecule has 4 heterocycles. The zero-order valence-corrected chi connectivity index (χ0v) is 19.0. The summed E-state index contributed by atoms with van der Waals surface area (Å²) >= 11 is 0. The normalized spacial score (nSPS) is 21.8. The first kappa shape index (κ1) is 22.1. The van der Waals surface area contributed by atoms with Gasteiger partial charge < -0.3 is 11.1 Å². The summed E-state index contributed by atoms with van der Waals surface area (Å²) in [6.07, 6.45) is 3.03. The Balaban J connectivity index is 1.67. The van der Waals surface area contributed by atoms with E-state index in [2.05, 4.69) is 34.3 Å². The van der Waals surface area contributed by atoms with Crippen LogP contribution in [0, 0.1) is 5.95 Å². The minimum atomic E-state index is -0.645. The third-order valence-corrected chi connectivity index (χ3v) is 6.66. The van der Waals surface area contributed by atoms with E-state index in [4.69, 9.17) is 15.7 Å². The number of aromatic nitrogens is 5. The van der Waals surface area contributed by atoms with E-state index in [0.717, 1.165) is 5.69 Å². The van der Waals surface area contributed by atoms with E-state index < -0.39 is 17.9 Å². The van der Waals surface area contributed by atoms with Gasteiger partial charge in [-0.3, -0.25) is 14.7 Å². The first-order valence-corrected chi connectivity index (χ1v) is 11.3. The average molecular weight is 466 g/mol. The molecule has 1 aliphatic carbocycles. The van der Waals surface area contributed by atoms with Crippen LogP contribution in [0.3, 0.4) is 0 Å². The van der Waals surface area contributed by atoms with Gasteiger partial charge >= 0.3 is 5.95 Å².